The van der Waals surface area contributed by atoms with Gasteiger partial charge in [-0.2, -0.15) is 0 Å². The maximum atomic E-state index is 15.9. The molecule has 1 saturated carbocycles. The first-order valence-corrected chi connectivity index (χ1v) is 13.5. The van der Waals surface area contributed by atoms with Crippen molar-refractivity contribution in [3.05, 3.63) is 62.4 Å². The Morgan fingerprint density at radius 3 is 2.39 bits per heavy atom. The van der Waals surface area contributed by atoms with E-state index in [1.165, 1.54) is 6.07 Å². The third-order valence-electron chi connectivity index (χ3n) is 7.45. The third kappa shape index (κ3) is 6.15. The van der Waals surface area contributed by atoms with Gasteiger partial charge in [0.1, 0.15) is 23.8 Å². The van der Waals surface area contributed by atoms with Crippen molar-refractivity contribution in [3.8, 4) is 5.75 Å². The Morgan fingerprint density at radius 2 is 1.83 bits per heavy atom. The Kier molecular flexibility index (Phi) is 8.48. The van der Waals surface area contributed by atoms with Crippen LogP contribution in [0.3, 0.4) is 0 Å². The number of hydrogen-bond acceptors (Lipinski definition) is 3. The van der Waals surface area contributed by atoms with E-state index in [-0.39, 0.29) is 42.5 Å². The molecule has 0 aromatic heterocycles. The maximum absolute atomic E-state index is 15.9. The van der Waals surface area contributed by atoms with E-state index in [0.29, 0.717) is 47.3 Å². The summed E-state index contributed by atoms with van der Waals surface area (Å²) >= 11 is 12.3. The fraction of sp³-hybridized carbons (Fsp3) is 0.536. The van der Waals surface area contributed by atoms with Crippen LogP contribution >= 0.6 is 23.2 Å². The molecule has 0 unspecified atom stereocenters. The van der Waals surface area contributed by atoms with Crippen LogP contribution in [0.4, 0.5) is 8.78 Å². The number of rotatable bonds is 10. The first-order valence-electron chi connectivity index (χ1n) is 12.7. The normalized spacial score (nSPS) is 18.7. The molecule has 0 spiro atoms. The van der Waals surface area contributed by atoms with E-state index in [4.69, 9.17) is 27.9 Å². The Balaban J connectivity index is 1.49. The lowest BCUT2D eigenvalue weighted by Gasteiger charge is -2.39. The number of ether oxygens (including phenoxy) is 1. The van der Waals surface area contributed by atoms with Crippen LogP contribution in [-0.4, -0.2) is 41.3 Å². The number of piperidine rings is 1. The summed E-state index contributed by atoms with van der Waals surface area (Å²) in [5.74, 6) is -1.55. The van der Waals surface area contributed by atoms with Gasteiger partial charge in [-0.1, -0.05) is 36.5 Å². The summed E-state index contributed by atoms with van der Waals surface area (Å²) in [6.45, 7) is 4.94. The van der Waals surface area contributed by atoms with E-state index in [9.17, 15) is 9.90 Å². The third-order valence-corrected chi connectivity index (χ3v) is 7.89. The van der Waals surface area contributed by atoms with Crippen molar-refractivity contribution in [2.45, 2.75) is 76.4 Å². The van der Waals surface area contributed by atoms with Crippen molar-refractivity contribution >= 4 is 29.2 Å². The minimum Gasteiger partial charge on any atom is -0.490 e. The van der Waals surface area contributed by atoms with Gasteiger partial charge < -0.3 is 9.84 Å². The Bertz CT molecular complexity index is 1090. The lowest BCUT2D eigenvalue weighted by Crippen LogP contribution is -2.45. The highest BCUT2D eigenvalue weighted by molar-refractivity contribution is 6.34. The topological polar surface area (TPSA) is 49.8 Å². The molecule has 2 aliphatic rings. The van der Waals surface area contributed by atoms with Gasteiger partial charge in [-0.25, -0.2) is 13.6 Å². The number of alkyl halides is 1. The number of halogens is 4. The van der Waals surface area contributed by atoms with Gasteiger partial charge in [0.15, 0.2) is 0 Å². The lowest BCUT2D eigenvalue weighted by atomic mass is 9.92. The number of hydrogen-bond donors (Lipinski definition) is 1. The van der Waals surface area contributed by atoms with Gasteiger partial charge in [-0.05, 0) is 86.8 Å². The second kappa shape index (κ2) is 11.2. The van der Waals surface area contributed by atoms with E-state index < -0.39 is 17.5 Å². The number of nitrogens with zero attached hydrogens (tertiary/aromatic N) is 1. The summed E-state index contributed by atoms with van der Waals surface area (Å²) in [5.41, 5.74) is 0.0819. The van der Waals surface area contributed by atoms with Gasteiger partial charge in [0.05, 0.1) is 5.56 Å². The fourth-order valence-corrected chi connectivity index (χ4v) is 5.55. The first kappa shape index (κ1) is 27.2. The zero-order valence-electron chi connectivity index (χ0n) is 20.8. The lowest BCUT2D eigenvalue weighted by molar-refractivity contribution is 0.00587. The molecule has 4 nitrogen and oxygen atoms in total. The predicted octanol–water partition coefficient (Wildman–Crippen LogP) is 7.99. The number of carboxylic acids is 1. The summed E-state index contributed by atoms with van der Waals surface area (Å²) in [7, 11) is 0. The van der Waals surface area contributed by atoms with Crippen molar-refractivity contribution in [3.63, 3.8) is 0 Å². The molecule has 0 radical (unpaired) electrons. The minimum atomic E-state index is -1.55. The van der Waals surface area contributed by atoms with Crippen molar-refractivity contribution < 1.29 is 23.4 Å². The van der Waals surface area contributed by atoms with Crippen molar-refractivity contribution in [2.75, 3.05) is 19.7 Å². The van der Waals surface area contributed by atoms with Gasteiger partial charge >= 0.3 is 5.97 Å². The summed E-state index contributed by atoms with van der Waals surface area (Å²) in [6, 6.07) is 6.88. The standard InChI is InChI=1S/C28H33Cl2F2NO3/c1-3-4-5-22-25(31)24(27(34)35)15-23(18-6-7-18)26(22)36-16-28(32)8-10-33(11-9-28)17(2)19-12-20(29)14-21(30)13-19/h12-15,17-18H,3-11,16H2,1-2H3,(H,34,35)/t17-/m0/s1. The molecule has 0 bridgehead atoms. The van der Waals surface area contributed by atoms with Crippen LogP contribution in [0.25, 0.3) is 0 Å². The molecule has 2 aromatic rings. The second-order valence-corrected chi connectivity index (χ2v) is 11.0. The van der Waals surface area contributed by atoms with Crippen LogP contribution in [0.2, 0.25) is 10.0 Å². The number of benzene rings is 2. The van der Waals surface area contributed by atoms with Crippen molar-refractivity contribution in [1.29, 1.82) is 0 Å². The largest absolute Gasteiger partial charge is 0.490 e. The number of unbranched alkanes of at least 4 members (excludes halogenated alkanes) is 1. The average molecular weight is 540 g/mol. The van der Waals surface area contributed by atoms with Gasteiger partial charge in [0, 0.05) is 34.7 Å². The van der Waals surface area contributed by atoms with E-state index >= 15 is 8.78 Å². The molecule has 36 heavy (non-hydrogen) atoms. The molecular formula is C28H33Cl2F2NO3. The Labute approximate surface area is 221 Å². The van der Waals surface area contributed by atoms with Crippen molar-refractivity contribution in [1.82, 2.24) is 4.90 Å². The minimum absolute atomic E-state index is 0.0337. The zero-order chi connectivity index (χ0) is 26.0. The van der Waals surface area contributed by atoms with Crippen LogP contribution < -0.4 is 4.74 Å². The first-order chi connectivity index (χ1) is 17.1. The Morgan fingerprint density at radius 1 is 1.19 bits per heavy atom. The molecule has 196 valence electrons. The molecule has 1 saturated heterocycles. The highest BCUT2D eigenvalue weighted by atomic mass is 35.5. The molecule has 1 N–H and O–H groups in total. The molecule has 2 fully saturated rings. The predicted molar refractivity (Wildman–Crippen MR) is 139 cm³/mol. The molecule has 1 aliphatic carbocycles. The van der Waals surface area contributed by atoms with Gasteiger partial charge in [-0.15, -0.1) is 0 Å². The summed E-state index contributed by atoms with van der Waals surface area (Å²) in [5, 5.41) is 10.7. The van der Waals surface area contributed by atoms with Crippen LogP contribution in [-0.2, 0) is 6.42 Å². The summed E-state index contributed by atoms with van der Waals surface area (Å²) in [6.07, 6.45) is 4.25. The van der Waals surface area contributed by atoms with E-state index in [1.807, 2.05) is 19.1 Å². The smallest absolute Gasteiger partial charge is 0.338 e. The van der Waals surface area contributed by atoms with Gasteiger partial charge in [0.25, 0.3) is 0 Å². The van der Waals surface area contributed by atoms with E-state index in [0.717, 1.165) is 24.8 Å². The molecule has 1 heterocycles. The zero-order valence-corrected chi connectivity index (χ0v) is 22.3. The number of likely N-dealkylation sites (tertiary alicyclic amines) is 1. The fourth-order valence-electron chi connectivity index (χ4n) is 5.01. The van der Waals surface area contributed by atoms with Gasteiger partial charge in [-0.3, -0.25) is 4.90 Å². The van der Waals surface area contributed by atoms with Crippen LogP contribution in [0, 0.1) is 5.82 Å². The number of carboxylic acid groups (broad SMARTS) is 1. The molecule has 1 aliphatic heterocycles. The molecule has 8 heteroatoms. The number of aromatic carboxylic acids is 1. The maximum Gasteiger partial charge on any atom is 0.338 e. The quantitative estimate of drug-likeness (QED) is 0.332. The summed E-state index contributed by atoms with van der Waals surface area (Å²) < 4.78 is 37.2. The SMILES string of the molecule is CCCCc1c(F)c(C(=O)O)cc(C2CC2)c1OCC1(F)CCN([C@@H](C)c2cc(Cl)cc(Cl)c2)CC1. The van der Waals surface area contributed by atoms with E-state index in [1.54, 1.807) is 6.07 Å². The van der Waals surface area contributed by atoms with E-state index in [2.05, 4.69) is 11.8 Å². The van der Waals surface area contributed by atoms with Crippen LogP contribution in [0.5, 0.6) is 5.75 Å². The van der Waals surface area contributed by atoms with Crippen molar-refractivity contribution in [2.24, 2.45) is 0 Å². The molecule has 4 rings (SSSR count). The Hall–Kier alpha value is -1.89. The number of carbonyl (C=O) groups is 1. The molecule has 1 atom stereocenters. The monoisotopic (exact) mass is 539 g/mol. The molecule has 2 aromatic carbocycles. The summed E-state index contributed by atoms with van der Waals surface area (Å²) in [4.78, 5) is 13.9. The van der Waals surface area contributed by atoms with Crippen LogP contribution in [0.1, 0.15) is 91.4 Å². The average Bonchev–Trinajstić information content (AvgIpc) is 3.67. The molecular weight excluding hydrogens is 507 g/mol. The molecule has 0 amide bonds. The second-order valence-electron chi connectivity index (χ2n) is 10.2. The highest BCUT2D eigenvalue weighted by Gasteiger charge is 2.39. The highest BCUT2D eigenvalue weighted by Crippen LogP contribution is 2.47. The van der Waals surface area contributed by atoms with Gasteiger partial charge in [0.2, 0.25) is 0 Å². The van der Waals surface area contributed by atoms with Crippen LogP contribution in [0.15, 0.2) is 24.3 Å².